The number of rotatable bonds is 7. The van der Waals surface area contributed by atoms with Crippen molar-refractivity contribution in [3.05, 3.63) is 35.1 Å². The first-order chi connectivity index (χ1) is 15.6. The first-order valence-corrected chi connectivity index (χ1v) is 12.2. The lowest BCUT2D eigenvalue weighted by Crippen LogP contribution is -2.46. The molecule has 0 aromatic carbocycles. The summed E-state index contributed by atoms with van der Waals surface area (Å²) in [6, 6.07) is 3.81. The van der Waals surface area contributed by atoms with Gasteiger partial charge in [-0.15, -0.1) is 11.3 Å². The number of piperidine rings is 1. The quantitative estimate of drug-likeness (QED) is 0.642. The topological polar surface area (TPSA) is 87.7 Å². The third kappa shape index (κ3) is 5.70. The minimum Gasteiger partial charge on any atom is -0.379 e. The van der Waals surface area contributed by atoms with E-state index in [1.807, 2.05) is 24.0 Å². The molecule has 2 aromatic heterocycles. The second-order valence-corrected chi connectivity index (χ2v) is 9.36. The SMILES string of the molecule is Cc1nc(-c2cccnc2)sc1C(=O)N1CCCC(C(=O)NCCCN2CCOCC2)C1. The molecule has 2 saturated heterocycles. The van der Waals surface area contributed by atoms with Crippen molar-refractivity contribution in [3.8, 4) is 10.6 Å². The van der Waals surface area contributed by atoms with E-state index in [4.69, 9.17) is 4.74 Å². The highest BCUT2D eigenvalue weighted by atomic mass is 32.1. The molecule has 9 heteroatoms. The van der Waals surface area contributed by atoms with E-state index in [-0.39, 0.29) is 17.7 Å². The highest BCUT2D eigenvalue weighted by Gasteiger charge is 2.30. The van der Waals surface area contributed by atoms with Gasteiger partial charge in [-0.25, -0.2) is 4.98 Å². The maximum atomic E-state index is 13.2. The fourth-order valence-corrected chi connectivity index (χ4v) is 5.23. The van der Waals surface area contributed by atoms with Gasteiger partial charge in [-0.05, 0) is 44.9 Å². The second-order valence-electron chi connectivity index (χ2n) is 8.36. The molecular weight excluding hydrogens is 426 g/mol. The molecule has 1 N–H and O–H groups in total. The number of nitrogens with zero attached hydrogens (tertiary/aromatic N) is 4. The normalized spacial score (nSPS) is 19.7. The van der Waals surface area contributed by atoms with Gasteiger partial charge in [0.15, 0.2) is 0 Å². The molecule has 0 aliphatic carbocycles. The van der Waals surface area contributed by atoms with Gasteiger partial charge in [0.1, 0.15) is 9.88 Å². The van der Waals surface area contributed by atoms with Crippen molar-refractivity contribution in [1.82, 2.24) is 25.1 Å². The van der Waals surface area contributed by atoms with Crippen LogP contribution in [0.5, 0.6) is 0 Å². The van der Waals surface area contributed by atoms with E-state index in [1.54, 1.807) is 12.4 Å². The summed E-state index contributed by atoms with van der Waals surface area (Å²) in [6.07, 6.45) is 6.06. The first-order valence-electron chi connectivity index (χ1n) is 11.4. The Bertz CT molecular complexity index is 914. The molecular formula is C23H31N5O3S. The van der Waals surface area contributed by atoms with E-state index >= 15 is 0 Å². The van der Waals surface area contributed by atoms with Crippen molar-refractivity contribution in [2.75, 3.05) is 52.5 Å². The molecule has 0 radical (unpaired) electrons. The number of hydrogen-bond donors (Lipinski definition) is 1. The number of carbonyl (C=O) groups is 2. The summed E-state index contributed by atoms with van der Waals surface area (Å²) in [5.41, 5.74) is 1.64. The molecule has 2 aliphatic rings. The zero-order chi connectivity index (χ0) is 22.3. The van der Waals surface area contributed by atoms with Gasteiger partial charge < -0.3 is 15.0 Å². The molecule has 172 valence electrons. The van der Waals surface area contributed by atoms with Gasteiger partial charge in [0.05, 0.1) is 24.8 Å². The average molecular weight is 458 g/mol. The Kier molecular flexibility index (Phi) is 7.83. The van der Waals surface area contributed by atoms with E-state index in [0.717, 1.165) is 68.4 Å². The van der Waals surface area contributed by atoms with Crippen molar-refractivity contribution in [1.29, 1.82) is 0 Å². The van der Waals surface area contributed by atoms with Crippen LogP contribution in [-0.2, 0) is 9.53 Å². The summed E-state index contributed by atoms with van der Waals surface area (Å²) in [4.78, 5) is 39.5. The Labute approximate surface area is 193 Å². The van der Waals surface area contributed by atoms with Crippen molar-refractivity contribution >= 4 is 23.2 Å². The Morgan fingerprint density at radius 2 is 2.12 bits per heavy atom. The van der Waals surface area contributed by atoms with Crippen LogP contribution in [0.3, 0.4) is 0 Å². The summed E-state index contributed by atoms with van der Waals surface area (Å²) in [5, 5.41) is 3.87. The largest absolute Gasteiger partial charge is 0.379 e. The minimum atomic E-state index is -0.151. The molecule has 1 atom stereocenters. The van der Waals surface area contributed by atoms with Crippen LogP contribution in [0.15, 0.2) is 24.5 Å². The smallest absolute Gasteiger partial charge is 0.265 e. The van der Waals surface area contributed by atoms with Gasteiger partial charge >= 0.3 is 0 Å². The van der Waals surface area contributed by atoms with Crippen LogP contribution >= 0.6 is 11.3 Å². The molecule has 0 bridgehead atoms. The average Bonchev–Trinajstić information content (AvgIpc) is 3.24. The van der Waals surface area contributed by atoms with Crippen LogP contribution < -0.4 is 5.32 Å². The predicted molar refractivity (Wildman–Crippen MR) is 124 cm³/mol. The lowest BCUT2D eigenvalue weighted by atomic mass is 9.97. The number of amides is 2. The third-order valence-corrected chi connectivity index (χ3v) is 7.23. The van der Waals surface area contributed by atoms with Crippen LogP contribution in [0.25, 0.3) is 10.6 Å². The van der Waals surface area contributed by atoms with Gasteiger partial charge in [0.25, 0.3) is 5.91 Å². The van der Waals surface area contributed by atoms with Crippen LogP contribution in [-0.4, -0.2) is 84.1 Å². The van der Waals surface area contributed by atoms with Crippen LogP contribution in [0.1, 0.15) is 34.6 Å². The number of thiazole rings is 1. The highest BCUT2D eigenvalue weighted by molar-refractivity contribution is 7.17. The molecule has 0 spiro atoms. The Morgan fingerprint density at radius 3 is 2.91 bits per heavy atom. The zero-order valence-corrected chi connectivity index (χ0v) is 19.4. The Morgan fingerprint density at radius 1 is 1.28 bits per heavy atom. The molecule has 2 fully saturated rings. The number of hydrogen-bond acceptors (Lipinski definition) is 7. The summed E-state index contributed by atoms with van der Waals surface area (Å²) >= 11 is 1.40. The molecule has 8 nitrogen and oxygen atoms in total. The van der Waals surface area contributed by atoms with E-state index in [9.17, 15) is 9.59 Å². The molecule has 32 heavy (non-hydrogen) atoms. The summed E-state index contributed by atoms with van der Waals surface area (Å²) in [5.74, 6) is -0.122. The van der Waals surface area contributed by atoms with E-state index < -0.39 is 0 Å². The number of pyridine rings is 1. The number of aromatic nitrogens is 2. The van der Waals surface area contributed by atoms with Crippen molar-refractivity contribution in [2.24, 2.45) is 5.92 Å². The first kappa shape index (κ1) is 22.8. The standard InChI is InChI=1S/C23H31N5O3S/c1-17-20(32-22(26-17)18-5-2-7-24-15-18)23(30)28-10-3-6-19(16-28)21(29)25-8-4-9-27-11-13-31-14-12-27/h2,5,7,15,19H,3-4,6,8-14,16H2,1H3,(H,25,29). The number of nitrogens with one attached hydrogen (secondary N) is 1. The van der Waals surface area contributed by atoms with E-state index in [0.29, 0.717) is 24.5 Å². The fourth-order valence-electron chi connectivity index (χ4n) is 4.21. The molecule has 4 rings (SSSR count). The lowest BCUT2D eigenvalue weighted by Gasteiger charge is -2.32. The Hall–Kier alpha value is -2.36. The zero-order valence-electron chi connectivity index (χ0n) is 18.6. The minimum absolute atomic E-state index is 0.0278. The molecule has 2 amide bonds. The van der Waals surface area contributed by atoms with Gasteiger partial charge in [-0.2, -0.15) is 0 Å². The van der Waals surface area contributed by atoms with Gasteiger partial charge in [0, 0.05) is 50.7 Å². The molecule has 1 unspecified atom stereocenters. The van der Waals surface area contributed by atoms with Crippen molar-refractivity contribution < 1.29 is 14.3 Å². The molecule has 4 heterocycles. The van der Waals surface area contributed by atoms with Crippen LogP contribution in [0, 0.1) is 12.8 Å². The van der Waals surface area contributed by atoms with Crippen LogP contribution in [0.2, 0.25) is 0 Å². The maximum Gasteiger partial charge on any atom is 0.265 e. The summed E-state index contributed by atoms with van der Waals surface area (Å²) in [7, 11) is 0. The maximum absolute atomic E-state index is 13.2. The highest BCUT2D eigenvalue weighted by Crippen LogP contribution is 2.29. The van der Waals surface area contributed by atoms with Crippen LogP contribution in [0.4, 0.5) is 0 Å². The number of aryl methyl sites for hydroxylation is 1. The monoisotopic (exact) mass is 457 g/mol. The van der Waals surface area contributed by atoms with Crippen molar-refractivity contribution in [3.63, 3.8) is 0 Å². The third-order valence-electron chi connectivity index (χ3n) is 6.03. The number of morpholine rings is 1. The summed E-state index contributed by atoms with van der Waals surface area (Å²) < 4.78 is 5.37. The number of ether oxygens (including phenoxy) is 1. The van der Waals surface area contributed by atoms with E-state index in [2.05, 4.69) is 20.2 Å². The summed E-state index contributed by atoms with van der Waals surface area (Å²) in [6.45, 7) is 8.17. The predicted octanol–water partition coefficient (Wildman–Crippen LogP) is 2.20. The van der Waals surface area contributed by atoms with Gasteiger partial charge in [0.2, 0.25) is 5.91 Å². The lowest BCUT2D eigenvalue weighted by molar-refractivity contribution is -0.126. The number of likely N-dealkylation sites (tertiary alicyclic amines) is 1. The van der Waals surface area contributed by atoms with Gasteiger partial charge in [-0.1, -0.05) is 0 Å². The van der Waals surface area contributed by atoms with Gasteiger partial charge in [-0.3, -0.25) is 19.5 Å². The number of carbonyl (C=O) groups excluding carboxylic acids is 2. The fraction of sp³-hybridized carbons (Fsp3) is 0.565. The Balaban J connectivity index is 1.29. The van der Waals surface area contributed by atoms with E-state index in [1.165, 1.54) is 11.3 Å². The second kappa shape index (κ2) is 11.0. The van der Waals surface area contributed by atoms with Crippen molar-refractivity contribution in [2.45, 2.75) is 26.2 Å². The molecule has 0 saturated carbocycles. The molecule has 2 aliphatic heterocycles. The molecule has 2 aromatic rings.